The highest BCUT2D eigenvalue weighted by Gasteiger charge is 2.23. The Morgan fingerprint density at radius 3 is 2.60 bits per heavy atom. The summed E-state index contributed by atoms with van der Waals surface area (Å²) in [5.41, 5.74) is 4.53. The summed E-state index contributed by atoms with van der Waals surface area (Å²) < 4.78 is 10.6. The molecule has 158 valence electrons. The number of thiazole rings is 1. The van der Waals surface area contributed by atoms with Gasteiger partial charge in [-0.1, -0.05) is 23.5 Å². The van der Waals surface area contributed by atoms with Crippen LogP contribution in [-0.2, 0) is 0 Å². The molecule has 0 spiro atoms. The van der Waals surface area contributed by atoms with E-state index in [-0.39, 0.29) is 0 Å². The van der Waals surface area contributed by atoms with Crippen molar-refractivity contribution in [2.45, 2.75) is 38.5 Å². The summed E-state index contributed by atoms with van der Waals surface area (Å²) in [6.07, 6.45) is 6.74. The van der Waals surface area contributed by atoms with E-state index in [4.69, 9.17) is 14.5 Å². The first kappa shape index (κ1) is 20.7. The number of nitrogens with zero attached hydrogens (tertiary/aromatic N) is 2. The van der Waals surface area contributed by atoms with Crippen LogP contribution in [0.25, 0.3) is 10.4 Å². The van der Waals surface area contributed by atoms with Crippen molar-refractivity contribution in [3.63, 3.8) is 0 Å². The molecule has 1 aliphatic carbocycles. The SMILES string of the molecule is COc1ncc(-c2cccc(NC[C@H]3CC[C@H](c4ccc(OC)c(C)n4)CC3)c2)s1. The number of ether oxygens (including phenoxy) is 2. The highest BCUT2D eigenvalue weighted by atomic mass is 32.1. The normalized spacial score (nSPS) is 18.8. The lowest BCUT2D eigenvalue weighted by Crippen LogP contribution is -2.21. The van der Waals surface area contributed by atoms with Gasteiger partial charge in [0, 0.05) is 30.0 Å². The summed E-state index contributed by atoms with van der Waals surface area (Å²) in [4.78, 5) is 10.2. The van der Waals surface area contributed by atoms with Crippen molar-refractivity contribution >= 4 is 17.0 Å². The Labute approximate surface area is 182 Å². The van der Waals surface area contributed by atoms with Crippen LogP contribution < -0.4 is 14.8 Å². The van der Waals surface area contributed by atoms with Crippen LogP contribution in [0.1, 0.15) is 43.0 Å². The molecule has 1 aromatic carbocycles. The number of benzene rings is 1. The van der Waals surface area contributed by atoms with Crippen molar-refractivity contribution in [1.82, 2.24) is 9.97 Å². The van der Waals surface area contributed by atoms with Gasteiger partial charge in [0.1, 0.15) is 5.75 Å². The summed E-state index contributed by atoms with van der Waals surface area (Å²) in [5.74, 6) is 2.14. The number of anilines is 1. The van der Waals surface area contributed by atoms with Crippen LogP contribution >= 0.6 is 11.3 Å². The molecule has 1 fully saturated rings. The van der Waals surface area contributed by atoms with E-state index >= 15 is 0 Å². The van der Waals surface area contributed by atoms with E-state index < -0.39 is 0 Å². The molecule has 1 N–H and O–H groups in total. The fourth-order valence-electron chi connectivity index (χ4n) is 4.20. The molecule has 0 amide bonds. The zero-order valence-electron chi connectivity index (χ0n) is 17.9. The van der Waals surface area contributed by atoms with Gasteiger partial charge in [-0.15, -0.1) is 0 Å². The maximum Gasteiger partial charge on any atom is 0.273 e. The van der Waals surface area contributed by atoms with Gasteiger partial charge in [-0.05, 0) is 68.4 Å². The maximum atomic E-state index is 5.34. The number of hydrogen-bond donors (Lipinski definition) is 1. The molecule has 6 heteroatoms. The van der Waals surface area contributed by atoms with E-state index in [9.17, 15) is 0 Å². The van der Waals surface area contributed by atoms with Crippen LogP contribution in [0.15, 0.2) is 42.6 Å². The summed E-state index contributed by atoms with van der Waals surface area (Å²) >= 11 is 1.57. The molecular formula is C24H29N3O2S. The topological polar surface area (TPSA) is 56.3 Å². The van der Waals surface area contributed by atoms with Crippen LogP contribution in [0.5, 0.6) is 10.9 Å². The molecule has 2 aromatic heterocycles. The molecule has 1 aliphatic rings. The second-order valence-electron chi connectivity index (χ2n) is 7.90. The first-order valence-corrected chi connectivity index (χ1v) is 11.3. The zero-order valence-corrected chi connectivity index (χ0v) is 18.7. The van der Waals surface area contributed by atoms with Crippen LogP contribution in [0.4, 0.5) is 5.69 Å². The fourth-order valence-corrected chi connectivity index (χ4v) is 4.93. The van der Waals surface area contributed by atoms with Crippen LogP contribution in [-0.4, -0.2) is 30.7 Å². The predicted octanol–water partition coefficient (Wildman–Crippen LogP) is 5.92. The number of hydrogen-bond acceptors (Lipinski definition) is 6. The van der Waals surface area contributed by atoms with E-state index in [1.165, 1.54) is 36.9 Å². The number of nitrogens with one attached hydrogen (secondary N) is 1. The number of aryl methyl sites for hydroxylation is 1. The Hall–Kier alpha value is -2.60. The highest BCUT2D eigenvalue weighted by molar-refractivity contribution is 7.16. The average molecular weight is 424 g/mol. The molecule has 0 atom stereocenters. The van der Waals surface area contributed by atoms with Crippen molar-refractivity contribution in [2.75, 3.05) is 26.1 Å². The van der Waals surface area contributed by atoms with Crippen LogP contribution in [0.3, 0.4) is 0 Å². The Balaban J connectivity index is 1.31. The summed E-state index contributed by atoms with van der Waals surface area (Å²) in [5, 5.41) is 4.34. The van der Waals surface area contributed by atoms with Crippen molar-refractivity contribution < 1.29 is 9.47 Å². The molecule has 0 saturated heterocycles. The van der Waals surface area contributed by atoms with Crippen molar-refractivity contribution in [1.29, 1.82) is 0 Å². The van der Waals surface area contributed by atoms with Crippen LogP contribution in [0, 0.1) is 12.8 Å². The van der Waals surface area contributed by atoms with E-state index in [2.05, 4.69) is 46.7 Å². The number of aromatic nitrogens is 2. The van der Waals surface area contributed by atoms with Crippen molar-refractivity contribution in [3.05, 3.63) is 54.0 Å². The molecule has 0 bridgehead atoms. The Kier molecular flexibility index (Phi) is 6.53. The molecule has 2 heterocycles. The molecule has 4 rings (SSSR count). The first-order chi connectivity index (χ1) is 14.7. The molecule has 3 aromatic rings. The van der Waals surface area contributed by atoms with E-state index in [1.54, 1.807) is 25.6 Å². The lowest BCUT2D eigenvalue weighted by Gasteiger charge is -2.29. The Bertz CT molecular complexity index is 980. The van der Waals surface area contributed by atoms with Crippen LogP contribution in [0.2, 0.25) is 0 Å². The number of methoxy groups -OCH3 is 2. The minimum atomic E-state index is 0.565. The third kappa shape index (κ3) is 4.75. The molecule has 0 aliphatic heterocycles. The van der Waals surface area contributed by atoms with E-state index in [0.29, 0.717) is 17.0 Å². The van der Waals surface area contributed by atoms with Gasteiger partial charge in [0.2, 0.25) is 0 Å². The molecule has 0 unspecified atom stereocenters. The van der Waals surface area contributed by atoms with Gasteiger partial charge in [0.05, 0.1) is 24.8 Å². The van der Waals surface area contributed by atoms with Gasteiger partial charge in [-0.2, -0.15) is 0 Å². The molecular weight excluding hydrogens is 394 g/mol. The zero-order chi connectivity index (χ0) is 20.9. The second-order valence-corrected chi connectivity index (χ2v) is 8.89. The van der Waals surface area contributed by atoms with E-state index in [1.807, 2.05) is 13.1 Å². The molecule has 5 nitrogen and oxygen atoms in total. The summed E-state index contributed by atoms with van der Waals surface area (Å²) in [7, 11) is 3.35. The Morgan fingerprint density at radius 1 is 1.07 bits per heavy atom. The fraction of sp³-hybridized carbons (Fsp3) is 0.417. The number of rotatable bonds is 7. The number of pyridine rings is 1. The first-order valence-electron chi connectivity index (χ1n) is 10.5. The van der Waals surface area contributed by atoms with E-state index in [0.717, 1.165) is 28.6 Å². The standard InChI is InChI=1S/C24H29N3O2S/c1-16-22(28-2)12-11-21(27-16)18-9-7-17(8-10-18)14-25-20-6-4-5-19(13-20)23-15-26-24(29-3)30-23/h4-6,11-13,15,17-18,25H,7-10,14H2,1-3H3/t17-,18-. The summed E-state index contributed by atoms with van der Waals surface area (Å²) in [6, 6.07) is 12.7. The molecule has 1 saturated carbocycles. The van der Waals surface area contributed by atoms with Crippen molar-refractivity contribution in [3.8, 4) is 21.4 Å². The quantitative estimate of drug-likeness (QED) is 0.511. The van der Waals surface area contributed by atoms with Gasteiger partial charge in [0.15, 0.2) is 0 Å². The predicted molar refractivity (Wildman–Crippen MR) is 123 cm³/mol. The third-order valence-corrected chi connectivity index (χ3v) is 6.95. The average Bonchev–Trinajstić information content (AvgIpc) is 3.28. The monoisotopic (exact) mass is 423 g/mol. The maximum absolute atomic E-state index is 5.34. The van der Waals surface area contributed by atoms with Gasteiger partial charge >= 0.3 is 0 Å². The minimum Gasteiger partial charge on any atom is -0.495 e. The smallest absolute Gasteiger partial charge is 0.273 e. The largest absolute Gasteiger partial charge is 0.495 e. The highest BCUT2D eigenvalue weighted by Crippen LogP contribution is 2.36. The lowest BCUT2D eigenvalue weighted by atomic mass is 9.80. The third-order valence-electron chi connectivity index (χ3n) is 5.94. The van der Waals surface area contributed by atoms with Gasteiger partial charge < -0.3 is 14.8 Å². The van der Waals surface area contributed by atoms with Gasteiger partial charge in [0.25, 0.3) is 5.19 Å². The second kappa shape index (κ2) is 9.47. The summed E-state index contributed by atoms with van der Waals surface area (Å²) in [6.45, 7) is 3.03. The molecule has 0 radical (unpaired) electrons. The van der Waals surface area contributed by atoms with Gasteiger partial charge in [-0.3, -0.25) is 4.98 Å². The molecule has 30 heavy (non-hydrogen) atoms. The van der Waals surface area contributed by atoms with Gasteiger partial charge in [-0.25, -0.2) is 4.98 Å². The minimum absolute atomic E-state index is 0.565. The van der Waals surface area contributed by atoms with Crippen molar-refractivity contribution in [2.24, 2.45) is 5.92 Å². The Morgan fingerprint density at radius 2 is 1.90 bits per heavy atom. The lowest BCUT2D eigenvalue weighted by molar-refractivity contribution is 0.334.